The second-order valence-corrected chi connectivity index (χ2v) is 13.2. The van der Waals surface area contributed by atoms with Gasteiger partial charge in [0, 0.05) is 52.6 Å². The summed E-state index contributed by atoms with van der Waals surface area (Å²) >= 11 is 11.9. The Kier molecular flexibility index (Phi) is 8.87. The molecule has 41 heavy (non-hydrogen) atoms. The number of fused-ring (bicyclic) bond motifs is 2. The van der Waals surface area contributed by atoms with Crippen molar-refractivity contribution >= 4 is 50.3 Å². The number of benzene rings is 3. The van der Waals surface area contributed by atoms with Crippen LogP contribution in [0.1, 0.15) is 54.1 Å². The maximum Gasteiger partial charge on any atom is 0.425 e. The van der Waals surface area contributed by atoms with E-state index in [1.54, 1.807) is 18.2 Å². The predicted molar refractivity (Wildman–Crippen MR) is 156 cm³/mol. The molecule has 3 aromatic rings. The van der Waals surface area contributed by atoms with Crippen molar-refractivity contribution in [1.29, 1.82) is 0 Å². The fourth-order valence-corrected chi connectivity index (χ4v) is 5.72. The summed E-state index contributed by atoms with van der Waals surface area (Å²) in [4.78, 5) is 14.5. The number of carbonyl (C=O) groups is 1. The second-order valence-electron chi connectivity index (χ2n) is 10.3. The van der Waals surface area contributed by atoms with Gasteiger partial charge in [0.25, 0.3) is 5.91 Å². The van der Waals surface area contributed by atoms with Crippen molar-refractivity contribution in [2.75, 3.05) is 29.6 Å². The maximum absolute atomic E-state index is 13.3. The topological polar surface area (TPSA) is 75.7 Å². The van der Waals surface area contributed by atoms with Crippen molar-refractivity contribution in [3.63, 3.8) is 0 Å². The maximum atomic E-state index is 13.3. The number of amides is 1. The van der Waals surface area contributed by atoms with E-state index in [1.165, 1.54) is 16.2 Å². The Morgan fingerprint density at radius 1 is 1.00 bits per heavy atom. The highest BCUT2D eigenvalue weighted by molar-refractivity contribution is 7.90. The summed E-state index contributed by atoms with van der Waals surface area (Å²) in [5.74, 6) is -0.451. The average Bonchev–Trinajstić information content (AvgIpc) is 3.42. The summed E-state index contributed by atoms with van der Waals surface area (Å²) in [6.45, 7) is 6.21. The Balaban J connectivity index is 0.000000291. The lowest BCUT2D eigenvalue weighted by Gasteiger charge is -2.23. The van der Waals surface area contributed by atoms with Crippen molar-refractivity contribution in [1.82, 2.24) is 0 Å². The van der Waals surface area contributed by atoms with Crippen LogP contribution in [0.3, 0.4) is 0 Å². The third-order valence-corrected chi connectivity index (χ3v) is 8.61. The van der Waals surface area contributed by atoms with E-state index in [1.807, 2.05) is 25.1 Å². The number of hydrogen-bond donors (Lipinski definition) is 1. The molecule has 0 fully saturated rings. The van der Waals surface area contributed by atoms with Crippen LogP contribution in [-0.4, -0.2) is 46.0 Å². The number of nitrogens with one attached hydrogen (secondary N) is 1. The number of hydrogen-bond acceptors (Lipinski definition) is 5. The Hall–Kier alpha value is -2.95. The quantitative estimate of drug-likeness (QED) is 0.320. The third-order valence-electron chi connectivity index (χ3n) is 7.03. The molecule has 0 radical (unpaired) electrons. The van der Waals surface area contributed by atoms with Crippen molar-refractivity contribution in [3.05, 3.63) is 81.3 Å². The molecule has 2 aliphatic rings. The molecule has 0 saturated carbocycles. The zero-order chi connectivity index (χ0) is 30.3. The summed E-state index contributed by atoms with van der Waals surface area (Å²) in [6.07, 6.45) is -5.89. The van der Waals surface area contributed by atoms with Gasteiger partial charge < -0.3 is 15.0 Å². The zero-order valence-electron chi connectivity index (χ0n) is 22.7. The van der Waals surface area contributed by atoms with E-state index in [0.717, 1.165) is 48.5 Å². The highest BCUT2D eigenvalue weighted by Gasteiger charge is 2.39. The van der Waals surface area contributed by atoms with E-state index in [-0.39, 0.29) is 28.7 Å². The molecule has 0 bridgehead atoms. The summed E-state index contributed by atoms with van der Waals surface area (Å²) in [5, 5.41) is 4.65. The first-order chi connectivity index (χ1) is 19.1. The molecule has 12 heteroatoms. The van der Waals surface area contributed by atoms with Crippen LogP contribution in [0.5, 0.6) is 5.75 Å². The van der Waals surface area contributed by atoms with Crippen LogP contribution in [0.2, 0.25) is 10.0 Å². The van der Waals surface area contributed by atoms with Crippen LogP contribution >= 0.6 is 23.2 Å². The van der Waals surface area contributed by atoms with E-state index >= 15 is 0 Å². The Labute approximate surface area is 247 Å². The van der Waals surface area contributed by atoms with Gasteiger partial charge in [-0.2, -0.15) is 13.2 Å². The summed E-state index contributed by atoms with van der Waals surface area (Å²) in [5.41, 5.74) is 3.71. The lowest BCUT2D eigenvalue weighted by atomic mass is 10.0. The van der Waals surface area contributed by atoms with Crippen LogP contribution in [0.4, 0.5) is 24.5 Å². The minimum atomic E-state index is -4.65. The molecular weight excluding hydrogens is 600 g/mol. The number of nitrogens with zero attached hydrogens (tertiary/aromatic N) is 1. The minimum Gasteiger partial charge on any atom is -0.480 e. The van der Waals surface area contributed by atoms with Crippen molar-refractivity contribution in [2.45, 2.75) is 49.8 Å². The monoisotopic (exact) mass is 628 g/mol. The van der Waals surface area contributed by atoms with Gasteiger partial charge in [-0.1, -0.05) is 37.0 Å². The highest BCUT2D eigenvalue weighted by Crippen LogP contribution is 2.40. The molecule has 220 valence electrons. The van der Waals surface area contributed by atoms with E-state index in [9.17, 15) is 26.4 Å². The van der Waals surface area contributed by atoms with E-state index < -0.39 is 28.0 Å². The molecule has 0 saturated heterocycles. The Morgan fingerprint density at radius 2 is 1.63 bits per heavy atom. The highest BCUT2D eigenvalue weighted by atomic mass is 35.5. The van der Waals surface area contributed by atoms with Gasteiger partial charge in [-0.15, -0.1) is 0 Å². The molecule has 0 spiro atoms. The number of sulfone groups is 1. The first kappa shape index (κ1) is 31.0. The van der Waals surface area contributed by atoms with Crippen molar-refractivity contribution in [3.8, 4) is 5.75 Å². The molecule has 2 aliphatic heterocycles. The molecule has 1 N–H and O–H groups in total. The minimum absolute atomic E-state index is 0.0563. The second kappa shape index (κ2) is 11.7. The number of rotatable bonds is 4. The predicted octanol–water partition coefficient (Wildman–Crippen LogP) is 7.71. The normalized spacial score (nSPS) is 18.5. The molecule has 3 atom stereocenters. The fourth-order valence-electron chi connectivity index (χ4n) is 4.72. The van der Waals surface area contributed by atoms with Gasteiger partial charge in [0.1, 0.15) is 5.75 Å². The van der Waals surface area contributed by atoms with Crippen LogP contribution in [-0.2, 0) is 9.84 Å². The summed E-state index contributed by atoms with van der Waals surface area (Å²) in [6, 6.07) is 14.2. The smallest absolute Gasteiger partial charge is 0.425 e. The number of alkyl halides is 3. The molecule has 0 aromatic heterocycles. The van der Waals surface area contributed by atoms with Gasteiger partial charge in [-0.3, -0.25) is 4.79 Å². The third kappa shape index (κ3) is 6.93. The summed E-state index contributed by atoms with van der Waals surface area (Å²) < 4.78 is 67.9. The number of anilines is 2. The SMILES string of the molecule is CC1CN(C(=O)c2cc(S(C)(=O)=O)ccc2O[C@@H](C)C(F)(F)F)c2ccc(Cl)cc21.CC1CNc2ccc(Cl)cc21. The molecule has 6 nitrogen and oxygen atoms in total. The van der Waals surface area contributed by atoms with E-state index in [2.05, 4.69) is 12.2 Å². The van der Waals surface area contributed by atoms with E-state index in [4.69, 9.17) is 27.9 Å². The molecule has 5 rings (SSSR count). The molecule has 2 unspecified atom stereocenters. The first-order valence-electron chi connectivity index (χ1n) is 12.8. The first-order valence-corrected chi connectivity index (χ1v) is 15.4. The summed E-state index contributed by atoms with van der Waals surface area (Å²) in [7, 11) is -3.70. The van der Waals surface area contributed by atoms with Gasteiger partial charge >= 0.3 is 6.18 Å². The van der Waals surface area contributed by atoms with Crippen LogP contribution in [0, 0.1) is 0 Å². The van der Waals surface area contributed by atoms with Crippen molar-refractivity contribution in [2.24, 2.45) is 0 Å². The molecular formula is C29H29Cl2F3N2O4S. The molecule has 0 aliphatic carbocycles. The number of ether oxygens (including phenoxy) is 1. The average molecular weight is 630 g/mol. The Morgan fingerprint density at radius 3 is 2.27 bits per heavy atom. The van der Waals surface area contributed by atoms with Gasteiger partial charge in [-0.05, 0) is 72.6 Å². The lowest BCUT2D eigenvalue weighted by Crippen LogP contribution is -2.33. The zero-order valence-corrected chi connectivity index (χ0v) is 25.0. The van der Waals surface area contributed by atoms with Crippen LogP contribution in [0.15, 0.2) is 59.5 Å². The molecule has 2 heterocycles. The van der Waals surface area contributed by atoms with Crippen molar-refractivity contribution < 1.29 is 31.1 Å². The largest absolute Gasteiger partial charge is 0.480 e. The standard InChI is InChI=1S/C20H19ClF3NO4S.C9H10ClN/c1-11-10-25(17-6-4-13(21)8-15(11)17)19(26)16-9-14(30(3,27)28)5-7-18(16)29-12(2)20(22,23)24;1-6-5-11-9-3-2-7(10)4-8(6)9/h4-9,11-12H,10H2,1-3H3;2-4,6,11H,5H2,1H3/t11?,12-;/m0./s1. The number of carbonyl (C=O) groups excluding carboxylic acids is 1. The molecule has 3 aromatic carbocycles. The van der Waals surface area contributed by atoms with Crippen LogP contribution < -0.4 is 15.0 Å². The molecule has 1 amide bonds. The Bertz CT molecular complexity index is 1580. The van der Waals surface area contributed by atoms with Gasteiger partial charge in [-0.25, -0.2) is 8.42 Å². The lowest BCUT2D eigenvalue weighted by molar-refractivity contribution is -0.189. The fraction of sp³-hybridized carbons (Fsp3) is 0.345. The van der Waals surface area contributed by atoms with Gasteiger partial charge in [0.2, 0.25) is 0 Å². The van der Waals surface area contributed by atoms with E-state index in [0.29, 0.717) is 16.6 Å². The van der Waals surface area contributed by atoms with Gasteiger partial charge in [0.05, 0.1) is 10.5 Å². The number of halogens is 5. The van der Waals surface area contributed by atoms with Gasteiger partial charge in [0.15, 0.2) is 15.9 Å². The van der Waals surface area contributed by atoms with Crippen LogP contribution in [0.25, 0.3) is 0 Å².